The van der Waals surface area contributed by atoms with Crippen molar-refractivity contribution >= 4 is 29.2 Å². The van der Waals surface area contributed by atoms with Crippen molar-refractivity contribution in [3.05, 3.63) is 69.9 Å². The molecule has 0 saturated heterocycles. The van der Waals surface area contributed by atoms with Crippen LogP contribution in [0.3, 0.4) is 0 Å². The third-order valence-corrected chi connectivity index (χ3v) is 5.60. The molecule has 0 atom stereocenters. The van der Waals surface area contributed by atoms with E-state index in [2.05, 4.69) is 10.3 Å². The fraction of sp³-hybridized carbons (Fsp3) is 0.150. The zero-order valence-corrected chi connectivity index (χ0v) is 14.9. The summed E-state index contributed by atoms with van der Waals surface area (Å²) in [6, 6.07) is 8.87. The van der Waals surface area contributed by atoms with Gasteiger partial charge in [-0.2, -0.15) is 0 Å². The van der Waals surface area contributed by atoms with Crippen LogP contribution >= 0.6 is 11.3 Å². The van der Waals surface area contributed by atoms with Gasteiger partial charge in [0.1, 0.15) is 23.6 Å². The van der Waals surface area contributed by atoms with Crippen LogP contribution in [0.4, 0.5) is 14.5 Å². The maximum atomic E-state index is 13.8. The summed E-state index contributed by atoms with van der Waals surface area (Å²) in [5.74, 6) is -2.35. The number of fused-ring (bicyclic) bond motifs is 3. The molecule has 1 amide bonds. The van der Waals surface area contributed by atoms with Gasteiger partial charge in [-0.1, -0.05) is 18.2 Å². The van der Waals surface area contributed by atoms with Gasteiger partial charge in [-0.15, -0.1) is 11.3 Å². The molecular formula is C20H14F2N2O2S. The van der Waals surface area contributed by atoms with E-state index in [1.54, 1.807) is 12.1 Å². The van der Waals surface area contributed by atoms with Gasteiger partial charge in [0, 0.05) is 5.56 Å². The molecule has 3 aromatic rings. The van der Waals surface area contributed by atoms with Crippen molar-refractivity contribution in [2.75, 3.05) is 5.32 Å². The van der Waals surface area contributed by atoms with Gasteiger partial charge in [-0.05, 0) is 48.6 Å². The second kappa shape index (κ2) is 7.00. The molecule has 4 nitrogen and oxygen atoms in total. The number of anilines is 1. The molecule has 0 saturated carbocycles. The second-order valence-corrected chi connectivity index (χ2v) is 7.23. The monoisotopic (exact) mass is 384 g/mol. The Balaban J connectivity index is 1.72. The molecule has 136 valence electrons. The number of rotatable bonds is 3. The molecule has 0 spiro atoms. The van der Waals surface area contributed by atoms with Crippen LogP contribution in [-0.4, -0.2) is 17.2 Å². The van der Waals surface area contributed by atoms with Crippen molar-refractivity contribution in [3.8, 4) is 10.4 Å². The van der Waals surface area contributed by atoms with Gasteiger partial charge in [0.15, 0.2) is 5.01 Å². The molecule has 4 rings (SSSR count). The summed E-state index contributed by atoms with van der Waals surface area (Å²) in [7, 11) is 0. The average molecular weight is 384 g/mol. The lowest BCUT2D eigenvalue weighted by molar-refractivity contribution is 0.102. The molecule has 1 aliphatic carbocycles. The fourth-order valence-corrected chi connectivity index (χ4v) is 4.21. The number of para-hydroxylation sites is 1. The summed E-state index contributed by atoms with van der Waals surface area (Å²) in [5, 5.41) is 2.40. The van der Waals surface area contributed by atoms with E-state index < -0.39 is 23.2 Å². The number of nitrogens with zero attached hydrogens (tertiary/aromatic N) is 1. The highest BCUT2D eigenvalue weighted by Crippen LogP contribution is 2.37. The maximum Gasteiger partial charge on any atom is 0.284 e. The van der Waals surface area contributed by atoms with Gasteiger partial charge in [0.25, 0.3) is 5.91 Å². The van der Waals surface area contributed by atoms with Crippen LogP contribution < -0.4 is 5.32 Å². The number of aldehydes is 1. The molecular weight excluding hydrogens is 370 g/mol. The first kappa shape index (κ1) is 17.5. The third-order valence-electron chi connectivity index (χ3n) is 4.47. The van der Waals surface area contributed by atoms with Crippen LogP contribution in [0.25, 0.3) is 10.4 Å². The van der Waals surface area contributed by atoms with Gasteiger partial charge in [0.05, 0.1) is 10.6 Å². The number of aryl methyl sites for hydroxylation is 2. The predicted molar refractivity (Wildman–Crippen MR) is 99.3 cm³/mol. The van der Waals surface area contributed by atoms with E-state index >= 15 is 0 Å². The van der Waals surface area contributed by atoms with Gasteiger partial charge in [-0.3, -0.25) is 9.59 Å². The Bertz CT molecular complexity index is 1040. The molecule has 1 aromatic heterocycles. The minimum atomic E-state index is -0.845. The number of carbonyl (C=O) groups is 2. The van der Waals surface area contributed by atoms with E-state index in [4.69, 9.17) is 0 Å². The Hall–Kier alpha value is -2.93. The molecule has 0 aliphatic heterocycles. The molecule has 0 unspecified atom stereocenters. The highest BCUT2D eigenvalue weighted by Gasteiger charge is 2.23. The van der Waals surface area contributed by atoms with Crippen LogP contribution in [0.5, 0.6) is 0 Å². The summed E-state index contributed by atoms with van der Waals surface area (Å²) < 4.78 is 27.6. The number of nitrogens with one attached hydrogen (secondary N) is 1. The quantitative estimate of drug-likeness (QED) is 0.669. The fourth-order valence-electron chi connectivity index (χ4n) is 3.16. The minimum absolute atomic E-state index is 0.131. The second-order valence-electron chi connectivity index (χ2n) is 6.23. The highest BCUT2D eigenvalue weighted by atomic mass is 32.1. The lowest BCUT2D eigenvalue weighted by Gasteiger charge is -2.06. The van der Waals surface area contributed by atoms with Gasteiger partial charge in [-0.25, -0.2) is 13.8 Å². The largest absolute Gasteiger partial charge is 0.315 e. The van der Waals surface area contributed by atoms with Crippen LogP contribution in [0, 0.1) is 11.6 Å². The van der Waals surface area contributed by atoms with Crippen molar-refractivity contribution in [1.82, 2.24) is 4.98 Å². The summed E-state index contributed by atoms with van der Waals surface area (Å²) in [6.07, 6.45) is 3.20. The van der Waals surface area contributed by atoms with Crippen molar-refractivity contribution in [3.63, 3.8) is 0 Å². The number of carbonyl (C=O) groups excluding carboxylic acids is 2. The molecule has 0 fully saturated rings. The number of halogens is 2. The maximum absolute atomic E-state index is 13.8. The van der Waals surface area contributed by atoms with Crippen LogP contribution in [0.1, 0.15) is 37.8 Å². The molecule has 7 heteroatoms. The minimum Gasteiger partial charge on any atom is -0.315 e. The number of amides is 1. The topological polar surface area (TPSA) is 59.1 Å². The van der Waals surface area contributed by atoms with Gasteiger partial charge < -0.3 is 5.32 Å². The molecule has 0 bridgehead atoms. The Morgan fingerprint density at radius 1 is 1.15 bits per heavy atom. The predicted octanol–water partition coefficient (Wildman–Crippen LogP) is 4.64. The van der Waals surface area contributed by atoms with Crippen molar-refractivity contribution in [1.29, 1.82) is 0 Å². The van der Waals surface area contributed by atoms with E-state index in [0.29, 0.717) is 12.0 Å². The standard InChI is InChI=1S/C20H14F2N2O2S/c21-14-4-2-5-15(22)17(14)24-19(26)20-23-16-6-1-3-12-8-7-11(10-25)9-13(12)18(16)27-20/h2,4-5,7-10H,1,3,6H2,(H,24,26). The zero-order chi connectivity index (χ0) is 19.0. The highest BCUT2D eigenvalue weighted by molar-refractivity contribution is 7.17. The molecule has 1 heterocycles. The smallest absolute Gasteiger partial charge is 0.284 e. The Labute approximate surface area is 157 Å². The van der Waals surface area contributed by atoms with E-state index in [-0.39, 0.29) is 5.01 Å². The normalized spacial score (nSPS) is 12.7. The molecule has 2 aromatic carbocycles. The SMILES string of the molecule is O=Cc1ccc2c(c1)-c1sc(C(=O)Nc3c(F)cccc3F)nc1CCC2. The average Bonchev–Trinajstić information content (AvgIpc) is 3.02. The molecule has 27 heavy (non-hydrogen) atoms. The first-order valence-electron chi connectivity index (χ1n) is 8.40. The molecule has 1 N–H and O–H groups in total. The first-order chi connectivity index (χ1) is 13.1. The lowest BCUT2D eigenvalue weighted by atomic mass is 10.0. The zero-order valence-electron chi connectivity index (χ0n) is 14.1. The van der Waals surface area contributed by atoms with Gasteiger partial charge in [0.2, 0.25) is 0 Å². The summed E-state index contributed by atoms with van der Waals surface area (Å²) in [4.78, 5) is 28.8. The number of hydrogen-bond donors (Lipinski definition) is 1. The number of aromatic nitrogens is 1. The van der Waals surface area contributed by atoms with Crippen molar-refractivity contribution < 1.29 is 18.4 Å². The van der Waals surface area contributed by atoms with E-state index in [0.717, 1.165) is 53.0 Å². The van der Waals surface area contributed by atoms with Crippen LogP contribution in [-0.2, 0) is 12.8 Å². The van der Waals surface area contributed by atoms with E-state index in [1.165, 1.54) is 17.4 Å². The van der Waals surface area contributed by atoms with Gasteiger partial charge >= 0.3 is 0 Å². The van der Waals surface area contributed by atoms with E-state index in [1.807, 2.05) is 6.07 Å². The number of thiazole rings is 1. The molecule has 0 radical (unpaired) electrons. The number of hydrogen-bond acceptors (Lipinski definition) is 4. The van der Waals surface area contributed by atoms with Crippen LogP contribution in [0.2, 0.25) is 0 Å². The van der Waals surface area contributed by atoms with Crippen LogP contribution in [0.15, 0.2) is 36.4 Å². The van der Waals surface area contributed by atoms with Crippen molar-refractivity contribution in [2.24, 2.45) is 0 Å². The Morgan fingerprint density at radius 2 is 1.93 bits per heavy atom. The first-order valence-corrected chi connectivity index (χ1v) is 9.22. The summed E-state index contributed by atoms with van der Waals surface area (Å²) >= 11 is 1.17. The van der Waals surface area contributed by atoms with Crippen molar-refractivity contribution in [2.45, 2.75) is 19.3 Å². The lowest BCUT2D eigenvalue weighted by Crippen LogP contribution is -2.14. The number of benzene rings is 2. The molecule has 1 aliphatic rings. The summed E-state index contributed by atoms with van der Waals surface area (Å²) in [5.41, 5.74) is 2.81. The third kappa shape index (κ3) is 3.26. The Morgan fingerprint density at radius 3 is 2.67 bits per heavy atom. The van der Waals surface area contributed by atoms with E-state index in [9.17, 15) is 18.4 Å². The summed E-state index contributed by atoms with van der Waals surface area (Å²) in [6.45, 7) is 0. The Kier molecular flexibility index (Phi) is 4.53.